The fourth-order valence-electron chi connectivity index (χ4n) is 7.28. The highest BCUT2D eigenvalue weighted by atomic mass is 16.5. The molecule has 19 nitrogen and oxygen atoms in total. The lowest BCUT2D eigenvalue weighted by Gasteiger charge is -2.39. The minimum atomic E-state index is -1.12. The Morgan fingerprint density at radius 3 is 1.31 bits per heavy atom. The smallest absolute Gasteiger partial charge is 0.109 e. The molecule has 1 aromatic carbocycles. The average molecular weight is 754 g/mol. The van der Waals surface area contributed by atoms with Crippen molar-refractivity contribution in [3.63, 3.8) is 0 Å². The number of nitrogens with zero attached hydrogens (tertiary/aromatic N) is 9. The van der Waals surface area contributed by atoms with Crippen LogP contribution in [-0.2, 0) is 48.4 Å². The maximum atomic E-state index is 10.4. The standard InChI is InChI=1S/C35H55N13O6/c1-2-23-17-46(43-40-23)14-20-9-21(15-47-18-24(41-44-47)5-3-7-53-34-28(38)12-26(36)30(49)32(34)51)11-22(10-20)16-48-19-25(42-45-48)6-4-8-54-35-29(39)13-27(37)31(50)33(35)52/h9-11,17-19,26-35,49-52H,2-8,12-16,36-39H2,1H3/t26-,27-,28+,29+,30+,31+,32-,33-,34-,35?/m1/s1. The van der Waals surface area contributed by atoms with Crippen LogP contribution in [0.3, 0.4) is 0 Å². The Kier molecular flexibility index (Phi) is 13.5. The first kappa shape index (κ1) is 39.9. The third-order valence-electron chi connectivity index (χ3n) is 10.2. The van der Waals surface area contributed by atoms with E-state index in [0.29, 0.717) is 71.4 Å². The molecule has 1 unspecified atom stereocenters. The summed E-state index contributed by atoms with van der Waals surface area (Å²) in [5, 5.41) is 66.9. The fourth-order valence-corrected chi connectivity index (χ4v) is 7.28. The number of benzene rings is 1. The molecule has 54 heavy (non-hydrogen) atoms. The van der Waals surface area contributed by atoms with Crippen molar-refractivity contribution in [1.29, 1.82) is 0 Å². The van der Waals surface area contributed by atoms with Gasteiger partial charge in [0.2, 0.25) is 0 Å². The number of aryl methyl sites for hydroxylation is 3. The second-order valence-electron chi connectivity index (χ2n) is 14.7. The normalized spacial score (nSPS) is 28.8. The predicted octanol–water partition coefficient (Wildman–Crippen LogP) is -2.64. The molecule has 4 aromatic rings. The highest BCUT2D eigenvalue weighted by Gasteiger charge is 2.42. The van der Waals surface area contributed by atoms with Crippen LogP contribution in [-0.4, -0.2) is 139 Å². The first-order valence-corrected chi connectivity index (χ1v) is 18.7. The summed E-state index contributed by atoms with van der Waals surface area (Å²) in [6.45, 7) is 4.26. The van der Waals surface area contributed by atoms with Gasteiger partial charge in [0.25, 0.3) is 0 Å². The van der Waals surface area contributed by atoms with Gasteiger partial charge in [-0.05, 0) is 61.6 Å². The lowest BCUT2D eigenvalue weighted by molar-refractivity contribution is -0.127. The van der Waals surface area contributed by atoms with Gasteiger partial charge in [-0.2, -0.15) is 0 Å². The highest BCUT2D eigenvalue weighted by Crippen LogP contribution is 2.23. The van der Waals surface area contributed by atoms with Crippen molar-refractivity contribution in [1.82, 2.24) is 45.0 Å². The van der Waals surface area contributed by atoms with Crippen LogP contribution in [0.2, 0.25) is 0 Å². The number of nitrogens with two attached hydrogens (primary N) is 4. The van der Waals surface area contributed by atoms with E-state index in [4.69, 9.17) is 32.4 Å². The van der Waals surface area contributed by atoms with E-state index < -0.39 is 60.8 Å². The van der Waals surface area contributed by atoms with Gasteiger partial charge in [-0.25, -0.2) is 14.0 Å². The SMILES string of the molecule is CCc1cn(Cc2cc(Cn3cc(CCCOC4[C@@H](N)C[C@@H](N)[C@H](O)[C@H]4O)nn3)cc(Cn3cc(CCCO[C@H]4[C@H](O)[C@@H](O)[C@H](N)C[C@@H]4N)nn3)c2)nn1. The number of aromatic nitrogens is 9. The number of aliphatic hydroxyl groups excluding tert-OH is 4. The Morgan fingerprint density at radius 2 is 0.944 bits per heavy atom. The summed E-state index contributed by atoms with van der Waals surface area (Å²) >= 11 is 0. The number of aliphatic hydroxyl groups is 4. The van der Waals surface area contributed by atoms with E-state index in [2.05, 4.69) is 49.1 Å². The van der Waals surface area contributed by atoms with Crippen molar-refractivity contribution in [2.45, 2.75) is 132 Å². The Hall–Kier alpha value is -3.76. The Morgan fingerprint density at radius 1 is 0.574 bits per heavy atom. The number of ether oxygens (including phenoxy) is 2. The molecule has 2 fully saturated rings. The lowest BCUT2D eigenvalue weighted by Crippen LogP contribution is -2.62. The summed E-state index contributed by atoms with van der Waals surface area (Å²) in [7, 11) is 0. The zero-order valence-corrected chi connectivity index (χ0v) is 30.7. The molecule has 0 spiro atoms. The molecular formula is C35H55N13O6. The first-order chi connectivity index (χ1) is 26.0. The summed E-state index contributed by atoms with van der Waals surface area (Å²) in [5.74, 6) is 0. The summed E-state index contributed by atoms with van der Waals surface area (Å²) < 4.78 is 17.1. The van der Waals surface area contributed by atoms with Gasteiger partial charge in [-0.15, -0.1) is 15.3 Å². The van der Waals surface area contributed by atoms with Crippen LogP contribution in [0.25, 0.3) is 0 Å². The molecule has 3 heterocycles. The average Bonchev–Trinajstić information content (AvgIpc) is 3.91. The molecule has 12 N–H and O–H groups in total. The van der Waals surface area contributed by atoms with Crippen LogP contribution >= 0.6 is 0 Å². The zero-order valence-electron chi connectivity index (χ0n) is 30.7. The molecule has 0 amide bonds. The number of hydrogen-bond acceptors (Lipinski definition) is 16. The first-order valence-electron chi connectivity index (χ1n) is 18.7. The van der Waals surface area contributed by atoms with Gasteiger partial charge in [-0.1, -0.05) is 40.8 Å². The van der Waals surface area contributed by atoms with E-state index in [-0.39, 0.29) is 0 Å². The van der Waals surface area contributed by atoms with Gasteiger partial charge in [0.1, 0.15) is 24.4 Å². The maximum Gasteiger partial charge on any atom is 0.109 e. The minimum Gasteiger partial charge on any atom is -0.389 e. The molecule has 0 aliphatic heterocycles. The molecule has 0 saturated heterocycles. The van der Waals surface area contributed by atoms with E-state index in [0.717, 1.165) is 40.2 Å². The highest BCUT2D eigenvalue weighted by molar-refractivity contribution is 5.31. The Bertz CT molecular complexity index is 1670. The molecule has 296 valence electrons. The summed E-state index contributed by atoms with van der Waals surface area (Å²) in [5.41, 5.74) is 29.6. The van der Waals surface area contributed by atoms with Crippen molar-refractivity contribution in [2.24, 2.45) is 22.9 Å². The van der Waals surface area contributed by atoms with Gasteiger partial charge in [0.05, 0.1) is 48.9 Å². The molecule has 2 aliphatic rings. The Balaban J connectivity index is 1.04. The molecule has 0 radical (unpaired) electrons. The molecule has 19 heteroatoms. The lowest BCUT2D eigenvalue weighted by atomic mass is 9.85. The summed E-state index contributed by atoms with van der Waals surface area (Å²) in [6.07, 6.45) is 4.11. The molecule has 2 aliphatic carbocycles. The monoisotopic (exact) mass is 753 g/mol. The molecule has 3 aromatic heterocycles. The molecule has 2 saturated carbocycles. The van der Waals surface area contributed by atoms with E-state index in [1.807, 2.05) is 30.2 Å². The van der Waals surface area contributed by atoms with Crippen LogP contribution in [0.5, 0.6) is 0 Å². The molecular weight excluding hydrogens is 698 g/mol. The van der Waals surface area contributed by atoms with E-state index >= 15 is 0 Å². The minimum absolute atomic E-state index is 0.343. The van der Waals surface area contributed by atoms with Crippen LogP contribution in [0.1, 0.15) is 66.4 Å². The van der Waals surface area contributed by atoms with Crippen LogP contribution in [0, 0.1) is 0 Å². The van der Waals surface area contributed by atoms with Crippen molar-refractivity contribution >= 4 is 0 Å². The molecule has 0 bridgehead atoms. The zero-order chi connectivity index (χ0) is 38.4. The van der Waals surface area contributed by atoms with Crippen LogP contribution < -0.4 is 22.9 Å². The molecule has 6 rings (SSSR count). The second kappa shape index (κ2) is 18.2. The second-order valence-corrected chi connectivity index (χ2v) is 14.7. The molecule has 10 atom stereocenters. The van der Waals surface area contributed by atoms with Gasteiger partial charge in [0.15, 0.2) is 0 Å². The van der Waals surface area contributed by atoms with Crippen molar-refractivity contribution < 1.29 is 29.9 Å². The quantitative estimate of drug-likeness (QED) is 0.0512. The van der Waals surface area contributed by atoms with Gasteiger partial charge >= 0.3 is 0 Å². The van der Waals surface area contributed by atoms with E-state index in [1.165, 1.54) is 0 Å². The van der Waals surface area contributed by atoms with Crippen molar-refractivity contribution in [3.05, 3.63) is 70.6 Å². The number of rotatable bonds is 17. The van der Waals surface area contributed by atoms with E-state index in [1.54, 1.807) is 9.36 Å². The Labute approximate surface area is 313 Å². The van der Waals surface area contributed by atoms with Gasteiger partial charge < -0.3 is 52.8 Å². The van der Waals surface area contributed by atoms with Crippen molar-refractivity contribution in [2.75, 3.05) is 13.2 Å². The number of hydrogen-bond donors (Lipinski definition) is 8. The summed E-state index contributed by atoms with van der Waals surface area (Å²) in [6, 6.07) is 4.33. The summed E-state index contributed by atoms with van der Waals surface area (Å²) in [4.78, 5) is 0. The maximum absolute atomic E-state index is 10.4. The third kappa shape index (κ3) is 10.1. The van der Waals surface area contributed by atoms with Gasteiger partial charge in [-0.3, -0.25) is 0 Å². The van der Waals surface area contributed by atoms with Crippen molar-refractivity contribution in [3.8, 4) is 0 Å². The van der Waals surface area contributed by atoms with Crippen LogP contribution in [0.15, 0.2) is 36.8 Å². The fraction of sp³-hybridized carbons (Fsp3) is 0.657. The predicted molar refractivity (Wildman–Crippen MR) is 194 cm³/mol. The largest absolute Gasteiger partial charge is 0.389 e. The van der Waals surface area contributed by atoms with Crippen LogP contribution in [0.4, 0.5) is 0 Å². The third-order valence-corrected chi connectivity index (χ3v) is 10.2. The van der Waals surface area contributed by atoms with Gasteiger partial charge in [0, 0.05) is 56.0 Å². The topological polar surface area (TPSA) is 296 Å². The van der Waals surface area contributed by atoms with E-state index in [9.17, 15) is 20.4 Å².